The van der Waals surface area contributed by atoms with Crippen LogP contribution in [0.4, 0.5) is 0 Å². The van der Waals surface area contributed by atoms with E-state index in [1.165, 1.54) is 0 Å². The van der Waals surface area contributed by atoms with Crippen LogP contribution in [0.15, 0.2) is 18.2 Å². The zero-order valence-electron chi connectivity index (χ0n) is 14.7. The molecule has 0 spiro atoms. The lowest BCUT2D eigenvalue weighted by Gasteiger charge is -2.14. The molecule has 0 saturated heterocycles. The van der Waals surface area contributed by atoms with Crippen molar-refractivity contribution in [2.75, 3.05) is 14.2 Å². The first-order valence-electron chi connectivity index (χ1n) is 7.73. The molecule has 0 aliphatic carbocycles. The standard InChI is InChI=1S/C17H15Cl6N3O2/c1-27-8-11-5-3-10(7-12(11)9-28-2)4-6-13-24-14(16(18,19)20)26-15(25-13)17(21,22)23/h3-7H,8-9H2,1-2H3. The quantitative estimate of drug-likeness (QED) is 0.451. The number of hydrogen-bond donors (Lipinski definition) is 0. The summed E-state index contributed by atoms with van der Waals surface area (Å²) in [6.45, 7) is 0.927. The highest BCUT2D eigenvalue weighted by molar-refractivity contribution is 6.67. The Labute approximate surface area is 192 Å². The molecule has 152 valence electrons. The summed E-state index contributed by atoms with van der Waals surface area (Å²) in [5.74, 6) is -0.125. The Hall–Kier alpha value is -0.370. The number of halogens is 6. The van der Waals surface area contributed by atoms with Gasteiger partial charge in [-0.2, -0.15) is 0 Å². The van der Waals surface area contributed by atoms with E-state index in [4.69, 9.17) is 79.1 Å². The molecule has 0 aliphatic heterocycles. The van der Waals surface area contributed by atoms with Crippen LogP contribution in [0.25, 0.3) is 12.2 Å². The van der Waals surface area contributed by atoms with Gasteiger partial charge in [0.25, 0.3) is 0 Å². The first-order chi connectivity index (χ1) is 13.0. The van der Waals surface area contributed by atoms with Crippen LogP contribution < -0.4 is 0 Å². The Bertz CT molecular complexity index is 818. The highest BCUT2D eigenvalue weighted by Crippen LogP contribution is 2.40. The van der Waals surface area contributed by atoms with E-state index in [2.05, 4.69) is 15.0 Å². The normalized spacial score (nSPS) is 12.7. The third kappa shape index (κ3) is 6.85. The van der Waals surface area contributed by atoms with Gasteiger partial charge in [-0.3, -0.25) is 0 Å². The Morgan fingerprint density at radius 2 is 1.32 bits per heavy atom. The van der Waals surface area contributed by atoms with Crippen molar-refractivity contribution >= 4 is 81.8 Å². The maximum Gasteiger partial charge on any atom is 0.250 e. The summed E-state index contributed by atoms with van der Waals surface area (Å²) in [7, 11) is 3.26. The SMILES string of the molecule is COCc1ccc(C=Cc2nc(C(Cl)(Cl)Cl)nc(C(Cl)(Cl)Cl)n2)cc1COC. The summed E-state index contributed by atoms with van der Waals surface area (Å²) < 4.78 is 6.64. The minimum atomic E-state index is -1.90. The number of aromatic nitrogens is 3. The first-order valence-corrected chi connectivity index (χ1v) is 9.99. The summed E-state index contributed by atoms with van der Waals surface area (Å²) in [5.41, 5.74) is 2.89. The van der Waals surface area contributed by atoms with Crippen LogP contribution >= 0.6 is 69.6 Å². The number of alkyl halides is 6. The fourth-order valence-electron chi connectivity index (χ4n) is 2.23. The predicted molar refractivity (Wildman–Crippen MR) is 115 cm³/mol. The van der Waals surface area contributed by atoms with Crippen LogP contribution in [0, 0.1) is 0 Å². The number of ether oxygens (including phenoxy) is 2. The second-order valence-corrected chi connectivity index (χ2v) is 10.1. The smallest absolute Gasteiger partial charge is 0.250 e. The van der Waals surface area contributed by atoms with E-state index in [9.17, 15) is 0 Å². The predicted octanol–water partition coefficient (Wildman–Crippen LogP) is 5.99. The van der Waals surface area contributed by atoms with Crippen molar-refractivity contribution in [3.8, 4) is 0 Å². The average Bonchev–Trinajstić information content (AvgIpc) is 2.60. The molecule has 2 aromatic rings. The highest BCUT2D eigenvalue weighted by Gasteiger charge is 2.33. The lowest BCUT2D eigenvalue weighted by atomic mass is 10.0. The fourth-order valence-corrected chi connectivity index (χ4v) is 2.73. The van der Waals surface area contributed by atoms with Gasteiger partial charge in [0.15, 0.2) is 17.5 Å². The maximum absolute atomic E-state index is 5.87. The minimum Gasteiger partial charge on any atom is -0.380 e. The zero-order chi connectivity index (χ0) is 20.9. The van der Waals surface area contributed by atoms with Crippen LogP contribution in [0.5, 0.6) is 0 Å². The summed E-state index contributed by atoms with van der Waals surface area (Å²) in [6.07, 6.45) is 3.37. The van der Waals surface area contributed by atoms with Gasteiger partial charge in [-0.1, -0.05) is 87.8 Å². The maximum atomic E-state index is 5.87. The van der Waals surface area contributed by atoms with Crippen LogP contribution in [0.3, 0.4) is 0 Å². The largest absolute Gasteiger partial charge is 0.380 e. The molecule has 0 bridgehead atoms. The summed E-state index contributed by atoms with van der Waals surface area (Å²) >= 11 is 35.2. The lowest BCUT2D eigenvalue weighted by molar-refractivity contribution is 0.168. The van der Waals surface area contributed by atoms with Gasteiger partial charge in [0, 0.05) is 14.2 Å². The third-order valence-corrected chi connectivity index (χ3v) is 4.43. The molecule has 28 heavy (non-hydrogen) atoms. The molecule has 0 unspecified atom stereocenters. The molecule has 0 radical (unpaired) electrons. The second kappa shape index (κ2) is 10.1. The molecule has 11 heteroatoms. The molecule has 2 rings (SSSR count). The number of methoxy groups -OCH3 is 2. The van der Waals surface area contributed by atoms with Gasteiger partial charge in [-0.05, 0) is 28.8 Å². The van der Waals surface area contributed by atoms with Gasteiger partial charge in [0.1, 0.15) is 0 Å². The molecule has 0 saturated carbocycles. The van der Waals surface area contributed by atoms with Crippen LogP contribution in [0.1, 0.15) is 34.2 Å². The Balaban J connectivity index is 2.41. The first kappa shape index (κ1) is 23.9. The lowest BCUT2D eigenvalue weighted by Crippen LogP contribution is -2.16. The monoisotopic (exact) mass is 503 g/mol. The number of hydrogen-bond acceptors (Lipinski definition) is 5. The molecule has 0 N–H and O–H groups in total. The minimum absolute atomic E-state index is 0.149. The van der Waals surface area contributed by atoms with Crippen LogP contribution in [0.2, 0.25) is 0 Å². The fraction of sp³-hybridized carbons (Fsp3) is 0.353. The Morgan fingerprint density at radius 3 is 1.82 bits per heavy atom. The van der Waals surface area contributed by atoms with Crippen molar-refractivity contribution in [2.24, 2.45) is 0 Å². The van der Waals surface area contributed by atoms with E-state index in [1.54, 1.807) is 26.4 Å². The molecule has 1 aromatic carbocycles. The molecule has 0 aliphatic rings. The molecule has 1 heterocycles. The number of rotatable bonds is 6. The Morgan fingerprint density at radius 1 is 0.786 bits per heavy atom. The van der Waals surface area contributed by atoms with Crippen LogP contribution in [-0.4, -0.2) is 29.2 Å². The van der Waals surface area contributed by atoms with Gasteiger partial charge in [0.05, 0.1) is 13.2 Å². The van der Waals surface area contributed by atoms with Gasteiger partial charge in [-0.25, -0.2) is 15.0 Å². The van der Waals surface area contributed by atoms with E-state index < -0.39 is 7.59 Å². The van der Waals surface area contributed by atoms with Crippen molar-refractivity contribution in [3.05, 3.63) is 52.4 Å². The van der Waals surface area contributed by atoms with E-state index in [0.29, 0.717) is 13.2 Å². The van der Waals surface area contributed by atoms with E-state index >= 15 is 0 Å². The van der Waals surface area contributed by atoms with Gasteiger partial charge >= 0.3 is 0 Å². The summed E-state index contributed by atoms with van der Waals surface area (Å²) in [4.78, 5) is 12.2. The highest BCUT2D eigenvalue weighted by atomic mass is 35.6. The van der Waals surface area contributed by atoms with E-state index in [1.807, 2.05) is 18.2 Å². The van der Waals surface area contributed by atoms with Crippen LogP contribution in [-0.2, 0) is 30.3 Å². The van der Waals surface area contributed by atoms with Gasteiger partial charge in [0.2, 0.25) is 7.59 Å². The van der Waals surface area contributed by atoms with Gasteiger partial charge < -0.3 is 9.47 Å². The molecule has 0 atom stereocenters. The second-order valence-electron chi connectivity index (χ2n) is 5.56. The molecule has 0 fully saturated rings. The summed E-state index contributed by atoms with van der Waals surface area (Å²) in [5, 5.41) is 0. The molecule has 5 nitrogen and oxygen atoms in total. The molecule has 1 aromatic heterocycles. The van der Waals surface area contributed by atoms with Crippen molar-refractivity contribution in [1.29, 1.82) is 0 Å². The average molecular weight is 506 g/mol. The van der Waals surface area contributed by atoms with Crippen molar-refractivity contribution in [3.63, 3.8) is 0 Å². The third-order valence-electron chi connectivity index (χ3n) is 3.41. The van der Waals surface area contributed by atoms with E-state index in [-0.39, 0.29) is 17.5 Å². The zero-order valence-corrected chi connectivity index (χ0v) is 19.3. The topological polar surface area (TPSA) is 57.1 Å². The molecule has 0 amide bonds. The molecular formula is C17H15Cl6N3O2. The van der Waals surface area contributed by atoms with E-state index in [0.717, 1.165) is 16.7 Å². The van der Waals surface area contributed by atoms with Crippen molar-refractivity contribution < 1.29 is 9.47 Å². The van der Waals surface area contributed by atoms with Gasteiger partial charge in [-0.15, -0.1) is 0 Å². The van der Waals surface area contributed by atoms with Crippen molar-refractivity contribution in [1.82, 2.24) is 15.0 Å². The Kier molecular flexibility index (Phi) is 8.62. The molecular weight excluding hydrogens is 491 g/mol. The van der Waals surface area contributed by atoms with Crippen molar-refractivity contribution in [2.45, 2.75) is 20.8 Å². The number of benzene rings is 1. The number of nitrogens with zero attached hydrogens (tertiary/aromatic N) is 3. The summed E-state index contributed by atoms with van der Waals surface area (Å²) in [6, 6.07) is 5.82.